The molecule has 0 spiro atoms. The smallest absolute Gasteiger partial charge is 0.0285 e. The van der Waals surface area contributed by atoms with Crippen LogP contribution in [0, 0.1) is 0 Å². The van der Waals surface area contributed by atoms with Crippen LogP contribution in [0.4, 0.5) is 0 Å². The Morgan fingerprint density at radius 3 is 2.31 bits per heavy atom. The van der Waals surface area contributed by atoms with Crippen molar-refractivity contribution < 1.29 is 0 Å². The van der Waals surface area contributed by atoms with Gasteiger partial charge in [0, 0.05) is 45.3 Å². The van der Waals surface area contributed by atoms with E-state index in [-0.39, 0.29) is 0 Å². The molecule has 0 aromatic carbocycles. The molecule has 0 amide bonds. The number of hydrogen-bond donors (Lipinski definition) is 1. The molecular weight excluding hydrogens is 164 g/mol. The van der Waals surface area contributed by atoms with Crippen molar-refractivity contribution in [3.8, 4) is 0 Å². The van der Waals surface area contributed by atoms with Crippen molar-refractivity contribution in [2.24, 2.45) is 5.84 Å². The molecule has 4 nitrogen and oxygen atoms in total. The SMILES string of the molecule is CN1CCN(C2CCN(N)C2)CC1. The number of likely N-dealkylation sites (N-methyl/N-ethyl adjacent to an activating group) is 1. The highest BCUT2D eigenvalue weighted by Gasteiger charge is 2.27. The maximum atomic E-state index is 5.76. The Morgan fingerprint density at radius 2 is 1.77 bits per heavy atom. The third kappa shape index (κ3) is 2.20. The van der Waals surface area contributed by atoms with Crippen molar-refractivity contribution in [2.45, 2.75) is 12.5 Å². The van der Waals surface area contributed by atoms with Gasteiger partial charge in [0.25, 0.3) is 0 Å². The summed E-state index contributed by atoms with van der Waals surface area (Å²) in [5.74, 6) is 5.76. The van der Waals surface area contributed by atoms with E-state index >= 15 is 0 Å². The summed E-state index contributed by atoms with van der Waals surface area (Å²) in [4.78, 5) is 4.98. The Labute approximate surface area is 80.2 Å². The molecule has 0 aliphatic carbocycles. The average Bonchev–Trinajstić information content (AvgIpc) is 2.53. The molecule has 4 heteroatoms. The molecule has 2 N–H and O–H groups in total. The molecule has 2 aliphatic heterocycles. The van der Waals surface area contributed by atoms with Gasteiger partial charge in [0.15, 0.2) is 0 Å². The van der Waals surface area contributed by atoms with Gasteiger partial charge in [-0.25, -0.2) is 5.01 Å². The molecule has 0 bridgehead atoms. The predicted octanol–water partition coefficient (Wildman–Crippen LogP) is -0.818. The fourth-order valence-electron chi connectivity index (χ4n) is 2.25. The number of nitrogens with two attached hydrogens (primary N) is 1. The van der Waals surface area contributed by atoms with Crippen LogP contribution in [0.15, 0.2) is 0 Å². The summed E-state index contributed by atoms with van der Waals surface area (Å²) < 4.78 is 0. The highest BCUT2D eigenvalue weighted by Crippen LogP contribution is 2.14. The van der Waals surface area contributed by atoms with Crippen LogP contribution in [-0.4, -0.2) is 67.2 Å². The number of piperazine rings is 1. The van der Waals surface area contributed by atoms with Crippen molar-refractivity contribution in [3.63, 3.8) is 0 Å². The Morgan fingerprint density at radius 1 is 1.08 bits per heavy atom. The summed E-state index contributed by atoms with van der Waals surface area (Å²) in [5, 5.41) is 1.95. The Hall–Kier alpha value is -0.160. The van der Waals surface area contributed by atoms with Gasteiger partial charge in [-0.1, -0.05) is 0 Å². The highest BCUT2D eigenvalue weighted by molar-refractivity contribution is 4.83. The largest absolute Gasteiger partial charge is 0.304 e. The number of hydrogen-bond acceptors (Lipinski definition) is 4. The number of nitrogens with zero attached hydrogens (tertiary/aromatic N) is 3. The molecule has 13 heavy (non-hydrogen) atoms. The van der Waals surface area contributed by atoms with Crippen LogP contribution in [0.1, 0.15) is 6.42 Å². The number of rotatable bonds is 1. The topological polar surface area (TPSA) is 35.7 Å². The van der Waals surface area contributed by atoms with Gasteiger partial charge in [-0.2, -0.15) is 0 Å². The Kier molecular flexibility index (Phi) is 2.83. The van der Waals surface area contributed by atoms with Gasteiger partial charge in [0.2, 0.25) is 0 Å². The van der Waals surface area contributed by atoms with Crippen molar-refractivity contribution in [1.29, 1.82) is 0 Å². The van der Waals surface area contributed by atoms with Crippen molar-refractivity contribution in [2.75, 3.05) is 46.3 Å². The lowest BCUT2D eigenvalue weighted by molar-refractivity contribution is 0.113. The van der Waals surface area contributed by atoms with E-state index in [0.717, 1.165) is 19.1 Å². The van der Waals surface area contributed by atoms with Gasteiger partial charge < -0.3 is 4.90 Å². The molecule has 2 saturated heterocycles. The Balaban J connectivity index is 1.81. The molecule has 2 aliphatic rings. The van der Waals surface area contributed by atoms with Crippen LogP contribution in [0.5, 0.6) is 0 Å². The zero-order chi connectivity index (χ0) is 9.26. The zero-order valence-corrected chi connectivity index (χ0v) is 8.45. The summed E-state index contributed by atoms with van der Waals surface area (Å²) in [6.45, 7) is 6.98. The van der Waals surface area contributed by atoms with E-state index in [2.05, 4.69) is 16.8 Å². The van der Waals surface area contributed by atoms with Crippen molar-refractivity contribution in [1.82, 2.24) is 14.8 Å². The van der Waals surface area contributed by atoms with E-state index in [1.54, 1.807) is 0 Å². The second-order valence-electron chi connectivity index (χ2n) is 4.28. The van der Waals surface area contributed by atoms with E-state index < -0.39 is 0 Å². The first-order valence-corrected chi connectivity index (χ1v) is 5.18. The summed E-state index contributed by atoms with van der Waals surface area (Å²) >= 11 is 0. The lowest BCUT2D eigenvalue weighted by Crippen LogP contribution is -2.50. The maximum Gasteiger partial charge on any atom is 0.0285 e. The monoisotopic (exact) mass is 184 g/mol. The molecule has 2 rings (SSSR count). The van der Waals surface area contributed by atoms with E-state index in [1.165, 1.54) is 32.6 Å². The Bertz CT molecular complexity index is 165. The van der Waals surface area contributed by atoms with E-state index in [0.29, 0.717) is 0 Å². The summed E-state index contributed by atoms with van der Waals surface area (Å²) in [6, 6.07) is 0.721. The average molecular weight is 184 g/mol. The van der Waals surface area contributed by atoms with Gasteiger partial charge in [-0.3, -0.25) is 10.7 Å². The zero-order valence-electron chi connectivity index (χ0n) is 8.45. The minimum Gasteiger partial charge on any atom is -0.304 e. The first-order valence-electron chi connectivity index (χ1n) is 5.18. The molecule has 1 atom stereocenters. The molecule has 1 unspecified atom stereocenters. The van der Waals surface area contributed by atoms with Gasteiger partial charge >= 0.3 is 0 Å². The molecule has 2 heterocycles. The third-order valence-corrected chi connectivity index (χ3v) is 3.25. The second-order valence-corrected chi connectivity index (χ2v) is 4.28. The first kappa shape index (κ1) is 9.40. The second kappa shape index (κ2) is 3.92. The fourth-order valence-corrected chi connectivity index (χ4v) is 2.25. The normalized spacial score (nSPS) is 34.2. The highest BCUT2D eigenvalue weighted by atomic mass is 15.4. The molecule has 76 valence electrons. The van der Waals surface area contributed by atoms with Crippen LogP contribution in [-0.2, 0) is 0 Å². The number of hydrazine groups is 1. The van der Waals surface area contributed by atoms with E-state index in [1.807, 2.05) is 5.01 Å². The molecule has 0 radical (unpaired) electrons. The van der Waals surface area contributed by atoms with Gasteiger partial charge in [-0.05, 0) is 13.5 Å². The van der Waals surface area contributed by atoms with Crippen LogP contribution < -0.4 is 5.84 Å². The molecule has 2 fully saturated rings. The quantitative estimate of drug-likeness (QED) is 0.540. The van der Waals surface area contributed by atoms with Crippen LogP contribution in [0.3, 0.4) is 0 Å². The third-order valence-electron chi connectivity index (χ3n) is 3.25. The minimum absolute atomic E-state index is 0.721. The molecule has 0 saturated carbocycles. The summed E-state index contributed by atoms with van der Waals surface area (Å²) in [7, 11) is 2.20. The summed E-state index contributed by atoms with van der Waals surface area (Å²) in [6.07, 6.45) is 1.25. The molecule has 0 aromatic heterocycles. The lowest BCUT2D eigenvalue weighted by Gasteiger charge is -2.36. The van der Waals surface area contributed by atoms with Gasteiger partial charge in [0.1, 0.15) is 0 Å². The van der Waals surface area contributed by atoms with E-state index in [9.17, 15) is 0 Å². The van der Waals surface area contributed by atoms with Gasteiger partial charge in [-0.15, -0.1) is 0 Å². The van der Waals surface area contributed by atoms with E-state index in [4.69, 9.17) is 5.84 Å². The predicted molar refractivity (Wildman–Crippen MR) is 53.2 cm³/mol. The maximum absolute atomic E-state index is 5.76. The van der Waals surface area contributed by atoms with Crippen LogP contribution in [0.2, 0.25) is 0 Å². The van der Waals surface area contributed by atoms with Crippen molar-refractivity contribution in [3.05, 3.63) is 0 Å². The molecular formula is C9H20N4. The van der Waals surface area contributed by atoms with Crippen LogP contribution >= 0.6 is 0 Å². The molecule has 0 aromatic rings. The first-order chi connectivity index (χ1) is 6.25. The minimum atomic E-state index is 0.721. The summed E-state index contributed by atoms with van der Waals surface area (Å²) in [5.41, 5.74) is 0. The standard InChI is InChI=1S/C9H20N4/c1-11-4-6-12(7-5-11)9-2-3-13(10)8-9/h9H,2-8,10H2,1H3. The van der Waals surface area contributed by atoms with Gasteiger partial charge in [0.05, 0.1) is 0 Å². The van der Waals surface area contributed by atoms with Crippen LogP contribution in [0.25, 0.3) is 0 Å². The lowest BCUT2D eigenvalue weighted by atomic mass is 10.2. The fraction of sp³-hybridized carbons (Fsp3) is 1.00. The van der Waals surface area contributed by atoms with Crippen molar-refractivity contribution >= 4 is 0 Å².